The van der Waals surface area contributed by atoms with E-state index in [9.17, 15) is 5.11 Å². The molecule has 0 aliphatic heterocycles. The van der Waals surface area contributed by atoms with Gasteiger partial charge in [-0.15, -0.1) is 0 Å². The molecule has 60 valence electrons. The van der Waals surface area contributed by atoms with Gasteiger partial charge in [-0.2, -0.15) is 12.6 Å². The minimum Gasteiger partial charge on any atom is -0.506 e. The Morgan fingerprint density at radius 3 is 2.73 bits per heavy atom. The van der Waals surface area contributed by atoms with Crippen LogP contribution in [0, 0.1) is 6.92 Å². The van der Waals surface area contributed by atoms with Crippen molar-refractivity contribution >= 4 is 12.6 Å². The van der Waals surface area contributed by atoms with E-state index in [0.717, 1.165) is 5.56 Å². The normalized spacial score (nSPS) is 13.0. The van der Waals surface area contributed by atoms with Gasteiger partial charge in [0.1, 0.15) is 5.75 Å². The molecule has 11 heavy (non-hydrogen) atoms. The zero-order valence-corrected chi connectivity index (χ0v) is 7.47. The summed E-state index contributed by atoms with van der Waals surface area (Å²) in [4.78, 5) is 4.05. The van der Waals surface area contributed by atoms with Crippen molar-refractivity contribution in [3.63, 3.8) is 0 Å². The van der Waals surface area contributed by atoms with Crippen LogP contribution in [-0.2, 0) is 0 Å². The second-order valence-corrected chi connectivity index (χ2v) is 3.37. The van der Waals surface area contributed by atoms with Crippen molar-refractivity contribution in [1.82, 2.24) is 4.98 Å². The van der Waals surface area contributed by atoms with Gasteiger partial charge in [0.05, 0.1) is 5.69 Å². The van der Waals surface area contributed by atoms with Gasteiger partial charge in [0.2, 0.25) is 0 Å². The van der Waals surface area contributed by atoms with Gasteiger partial charge < -0.3 is 5.11 Å². The SMILES string of the molecule is Cc1cnc(C(C)S)c(O)c1. The summed E-state index contributed by atoms with van der Waals surface area (Å²) in [5.74, 6) is 0.229. The number of thiol groups is 1. The van der Waals surface area contributed by atoms with E-state index >= 15 is 0 Å². The molecule has 0 bridgehead atoms. The van der Waals surface area contributed by atoms with E-state index in [1.807, 2.05) is 13.8 Å². The van der Waals surface area contributed by atoms with Crippen molar-refractivity contribution in [3.05, 3.63) is 23.5 Å². The van der Waals surface area contributed by atoms with E-state index in [1.165, 1.54) is 0 Å². The molecule has 1 heterocycles. The molecule has 0 saturated heterocycles. The van der Waals surface area contributed by atoms with E-state index in [-0.39, 0.29) is 11.0 Å². The molecule has 2 nitrogen and oxygen atoms in total. The molecule has 3 heteroatoms. The zero-order valence-electron chi connectivity index (χ0n) is 6.57. The number of hydrogen-bond acceptors (Lipinski definition) is 3. The van der Waals surface area contributed by atoms with E-state index in [4.69, 9.17) is 0 Å². The quantitative estimate of drug-likeness (QED) is 0.631. The maximum atomic E-state index is 9.35. The number of hydrogen-bond donors (Lipinski definition) is 2. The van der Waals surface area contributed by atoms with Gasteiger partial charge in [-0.1, -0.05) is 0 Å². The fourth-order valence-corrected chi connectivity index (χ4v) is 1.09. The fourth-order valence-electron chi connectivity index (χ4n) is 0.886. The standard InChI is InChI=1S/C8H11NOS/c1-5-3-7(10)8(6(2)11)9-4-5/h3-4,6,10-11H,1-2H3. The molecule has 1 unspecified atom stereocenters. The molecule has 0 radical (unpaired) electrons. The Bertz CT molecular complexity index is 260. The number of aromatic hydroxyl groups is 1. The minimum absolute atomic E-state index is 0.0180. The second-order valence-electron chi connectivity index (χ2n) is 2.59. The number of pyridine rings is 1. The molecule has 0 aliphatic carbocycles. The van der Waals surface area contributed by atoms with Crippen LogP contribution >= 0.6 is 12.6 Å². The maximum Gasteiger partial charge on any atom is 0.138 e. The molecule has 1 N–H and O–H groups in total. The topological polar surface area (TPSA) is 33.1 Å². The van der Waals surface area contributed by atoms with Crippen LogP contribution < -0.4 is 0 Å². The Hall–Kier alpha value is -0.700. The maximum absolute atomic E-state index is 9.35. The monoisotopic (exact) mass is 169 g/mol. The fraction of sp³-hybridized carbons (Fsp3) is 0.375. The summed E-state index contributed by atoms with van der Waals surface area (Å²) in [5, 5.41) is 9.33. The van der Waals surface area contributed by atoms with E-state index in [1.54, 1.807) is 12.3 Å². The van der Waals surface area contributed by atoms with Crippen molar-refractivity contribution in [3.8, 4) is 5.75 Å². The number of aromatic nitrogens is 1. The van der Waals surface area contributed by atoms with Crippen molar-refractivity contribution in [2.75, 3.05) is 0 Å². The van der Waals surface area contributed by atoms with Crippen molar-refractivity contribution in [2.24, 2.45) is 0 Å². The van der Waals surface area contributed by atoms with Gasteiger partial charge in [0.25, 0.3) is 0 Å². The summed E-state index contributed by atoms with van der Waals surface area (Å²) in [6.07, 6.45) is 1.72. The Kier molecular flexibility index (Phi) is 2.39. The van der Waals surface area contributed by atoms with Crippen LogP contribution in [0.1, 0.15) is 23.4 Å². The van der Waals surface area contributed by atoms with Crippen molar-refractivity contribution in [2.45, 2.75) is 19.1 Å². The van der Waals surface area contributed by atoms with Gasteiger partial charge in [0.15, 0.2) is 0 Å². The third-order valence-electron chi connectivity index (χ3n) is 1.43. The molecule has 0 spiro atoms. The highest BCUT2D eigenvalue weighted by Crippen LogP contribution is 2.25. The third-order valence-corrected chi connectivity index (χ3v) is 1.67. The highest BCUT2D eigenvalue weighted by molar-refractivity contribution is 7.80. The molecular weight excluding hydrogens is 158 g/mol. The largest absolute Gasteiger partial charge is 0.506 e. The van der Waals surface area contributed by atoms with Gasteiger partial charge in [-0.25, -0.2) is 0 Å². The van der Waals surface area contributed by atoms with Gasteiger partial charge >= 0.3 is 0 Å². The predicted molar refractivity (Wildman–Crippen MR) is 48.0 cm³/mol. The summed E-state index contributed by atoms with van der Waals surface area (Å²) in [6, 6.07) is 1.69. The average Bonchev–Trinajstić information content (AvgIpc) is 1.85. The summed E-state index contributed by atoms with van der Waals surface area (Å²) in [7, 11) is 0. The first kappa shape index (κ1) is 8.40. The lowest BCUT2D eigenvalue weighted by Gasteiger charge is -2.05. The summed E-state index contributed by atoms with van der Waals surface area (Å²) in [6.45, 7) is 3.76. The average molecular weight is 169 g/mol. The Balaban J connectivity index is 3.09. The molecule has 1 aromatic heterocycles. The molecule has 1 rings (SSSR count). The lowest BCUT2D eigenvalue weighted by atomic mass is 10.2. The summed E-state index contributed by atoms with van der Waals surface area (Å²) < 4.78 is 0. The van der Waals surface area contributed by atoms with Crippen LogP contribution in [0.4, 0.5) is 0 Å². The van der Waals surface area contributed by atoms with E-state index in [2.05, 4.69) is 17.6 Å². The highest BCUT2D eigenvalue weighted by atomic mass is 32.1. The smallest absolute Gasteiger partial charge is 0.138 e. The number of aryl methyl sites for hydroxylation is 1. The van der Waals surface area contributed by atoms with Crippen LogP contribution in [0.5, 0.6) is 5.75 Å². The molecule has 0 saturated carbocycles. The Morgan fingerprint density at radius 2 is 2.27 bits per heavy atom. The molecule has 0 aromatic carbocycles. The summed E-state index contributed by atoms with van der Waals surface area (Å²) in [5.41, 5.74) is 1.60. The molecule has 1 aromatic rings. The van der Waals surface area contributed by atoms with E-state index < -0.39 is 0 Å². The Morgan fingerprint density at radius 1 is 1.64 bits per heavy atom. The van der Waals surface area contributed by atoms with Crippen LogP contribution in [-0.4, -0.2) is 10.1 Å². The van der Waals surface area contributed by atoms with Crippen molar-refractivity contribution in [1.29, 1.82) is 0 Å². The first-order valence-electron chi connectivity index (χ1n) is 3.45. The molecule has 0 fully saturated rings. The highest BCUT2D eigenvalue weighted by Gasteiger charge is 2.06. The zero-order chi connectivity index (χ0) is 8.43. The first-order chi connectivity index (χ1) is 5.11. The van der Waals surface area contributed by atoms with Crippen molar-refractivity contribution < 1.29 is 5.11 Å². The predicted octanol–water partition coefficient (Wildman–Crippen LogP) is 2.09. The molecule has 0 amide bonds. The van der Waals surface area contributed by atoms with Crippen LogP contribution in [0.3, 0.4) is 0 Å². The molecule has 1 atom stereocenters. The van der Waals surface area contributed by atoms with Crippen LogP contribution in [0.25, 0.3) is 0 Å². The van der Waals surface area contributed by atoms with Crippen LogP contribution in [0.15, 0.2) is 12.3 Å². The number of nitrogens with zero attached hydrogens (tertiary/aromatic N) is 1. The number of rotatable bonds is 1. The molecule has 0 aliphatic rings. The lowest BCUT2D eigenvalue weighted by Crippen LogP contribution is -1.90. The van der Waals surface area contributed by atoms with Gasteiger partial charge in [-0.3, -0.25) is 4.98 Å². The summed E-state index contributed by atoms with van der Waals surface area (Å²) >= 11 is 4.17. The minimum atomic E-state index is -0.0180. The molecular formula is C8H11NOS. The van der Waals surface area contributed by atoms with Gasteiger partial charge in [-0.05, 0) is 25.5 Å². The van der Waals surface area contributed by atoms with Crippen LogP contribution in [0.2, 0.25) is 0 Å². The van der Waals surface area contributed by atoms with Gasteiger partial charge in [0, 0.05) is 11.4 Å². The van der Waals surface area contributed by atoms with E-state index in [0.29, 0.717) is 5.69 Å². The first-order valence-corrected chi connectivity index (χ1v) is 3.96. The lowest BCUT2D eigenvalue weighted by molar-refractivity contribution is 0.464. The Labute approximate surface area is 71.7 Å². The second kappa shape index (κ2) is 3.13. The third kappa shape index (κ3) is 1.87.